The Morgan fingerprint density at radius 3 is 2.45 bits per heavy atom. The highest BCUT2D eigenvalue weighted by molar-refractivity contribution is 6.05. The third-order valence-corrected chi connectivity index (χ3v) is 5.24. The van der Waals surface area contributed by atoms with Gasteiger partial charge in [-0.2, -0.15) is 0 Å². The Morgan fingerprint density at radius 2 is 1.82 bits per heavy atom. The summed E-state index contributed by atoms with van der Waals surface area (Å²) >= 11 is 0. The first-order valence-electron chi connectivity index (χ1n) is 10.8. The number of hydrogen-bond donors (Lipinski definition) is 2. The average molecular weight is 452 g/mol. The van der Waals surface area contributed by atoms with Crippen molar-refractivity contribution in [1.29, 1.82) is 0 Å². The minimum Gasteiger partial charge on any atom is -0.496 e. The van der Waals surface area contributed by atoms with E-state index in [4.69, 9.17) is 9.15 Å². The molecule has 2 aromatic carbocycles. The second-order valence-electron chi connectivity index (χ2n) is 7.91. The summed E-state index contributed by atoms with van der Waals surface area (Å²) in [6.45, 7) is 2.80. The molecular formula is C25H29N3O5. The maximum atomic E-state index is 12.8. The third-order valence-electron chi connectivity index (χ3n) is 5.24. The largest absolute Gasteiger partial charge is 0.496 e. The highest BCUT2D eigenvalue weighted by atomic mass is 16.5. The van der Waals surface area contributed by atoms with Gasteiger partial charge in [-0.1, -0.05) is 25.5 Å². The number of anilines is 1. The molecule has 33 heavy (non-hydrogen) atoms. The fourth-order valence-corrected chi connectivity index (χ4v) is 3.44. The predicted molar refractivity (Wildman–Crippen MR) is 128 cm³/mol. The Balaban J connectivity index is 1.73. The number of rotatable bonds is 9. The van der Waals surface area contributed by atoms with Gasteiger partial charge in [0.2, 0.25) is 5.91 Å². The Hall–Kier alpha value is -3.65. The molecule has 0 aliphatic heterocycles. The number of hydrogen-bond acceptors (Lipinski definition) is 6. The van der Waals surface area contributed by atoms with Gasteiger partial charge in [0, 0.05) is 37.3 Å². The molecule has 2 amide bonds. The Kier molecular flexibility index (Phi) is 7.84. The van der Waals surface area contributed by atoms with Crippen molar-refractivity contribution < 1.29 is 18.7 Å². The van der Waals surface area contributed by atoms with Crippen molar-refractivity contribution in [2.24, 2.45) is 0 Å². The second-order valence-corrected chi connectivity index (χ2v) is 7.91. The van der Waals surface area contributed by atoms with Crippen LogP contribution in [0.15, 0.2) is 51.7 Å². The summed E-state index contributed by atoms with van der Waals surface area (Å²) in [4.78, 5) is 38.5. The van der Waals surface area contributed by atoms with Gasteiger partial charge in [-0.15, -0.1) is 0 Å². The van der Waals surface area contributed by atoms with Gasteiger partial charge in [-0.25, -0.2) is 4.79 Å². The summed E-state index contributed by atoms with van der Waals surface area (Å²) in [5.74, 6) is 0.111. The van der Waals surface area contributed by atoms with Crippen LogP contribution in [0.4, 0.5) is 5.69 Å². The molecule has 3 aromatic rings. The van der Waals surface area contributed by atoms with Gasteiger partial charge < -0.3 is 24.7 Å². The molecule has 0 aliphatic carbocycles. The van der Waals surface area contributed by atoms with Crippen LogP contribution in [0, 0.1) is 0 Å². The van der Waals surface area contributed by atoms with Crippen LogP contribution in [0.2, 0.25) is 0 Å². The summed E-state index contributed by atoms with van der Waals surface area (Å²) in [5.41, 5.74) is 2.01. The van der Waals surface area contributed by atoms with Gasteiger partial charge in [-0.3, -0.25) is 9.59 Å². The summed E-state index contributed by atoms with van der Waals surface area (Å²) in [6.07, 6.45) is 1.55. The smallest absolute Gasteiger partial charge is 0.349 e. The Labute approximate surface area is 192 Å². The molecule has 2 N–H and O–H groups in total. The van der Waals surface area contributed by atoms with E-state index in [0.29, 0.717) is 35.4 Å². The van der Waals surface area contributed by atoms with Crippen LogP contribution < -0.4 is 21.0 Å². The van der Waals surface area contributed by atoms with Crippen LogP contribution in [0.25, 0.3) is 11.0 Å². The van der Waals surface area contributed by atoms with Gasteiger partial charge in [-0.05, 0) is 42.3 Å². The molecule has 0 saturated carbocycles. The minimum absolute atomic E-state index is 0.00615. The SMILES string of the molecule is CCCc1c(OC)ccc2cc(C(=O)Nc3ccc(CNCC(=O)N(C)C)cc3)c(=O)oc12. The van der Waals surface area contributed by atoms with E-state index in [1.165, 1.54) is 4.90 Å². The van der Waals surface area contributed by atoms with Gasteiger partial charge in [0.25, 0.3) is 5.91 Å². The molecule has 0 radical (unpaired) electrons. The van der Waals surface area contributed by atoms with Crippen LogP contribution in [-0.4, -0.2) is 44.5 Å². The number of carbonyl (C=O) groups is 2. The van der Waals surface area contributed by atoms with Crippen molar-refractivity contribution in [3.8, 4) is 5.75 Å². The molecule has 1 aromatic heterocycles. The lowest BCUT2D eigenvalue weighted by molar-refractivity contribution is -0.127. The second kappa shape index (κ2) is 10.8. The zero-order valence-corrected chi connectivity index (χ0v) is 19.4. The first kappa shape index (κ1) is 24.0. The quantitative estimate of drug-likeness (QED) is 0.485. The van der Waals surface area contributed by atoms with Crippen molar-refractivity contribution in [1.82, 2.24) is 10.2 Å². The van der Waals surface area contributed by atoms with E-state index in [0.717, 1.165) is 17.5 Å². The van der Waals surface area contributed by atoms with Crippen molar-refractivity contribution in [2.75, 3.05) is 33.1 Å². The number of benzene rings is 2. The van der Waals surface area contributed by atoms with Crippen LogP contribution >= 0.6 is 0 Å². The van der Waals surface area contributed by atoms with Crippen LogP contribution in [0.5, 0.6) is 5.75 Å². The van der Waals surface area contributed by atoms with Crippen LogP contribution in [-0.2, 0) is 17.8 Å². The number of amides is 2. The maximum Gasteiger partial charge on any atom is 0.349 e. The average Bonchev–Trinajstić information content (AvgIpc) is 2.80. The van der Waals surface area contributed by atoms with Crippen molar-refractivity contribution in [2.45, 2.75) is 26.3 Å². The van der Waals surface area contributed by atoms with Crippen LogP contribution in [0.1, 0.15) is 34.8 Å². The Morgan fingerprint density at radius 1 is 1.09 bits per heavy atom. The van der Waals surface area contributed by atoms with Gasteiger partial charge in [0.15, 0.2) is 0 Å². The topological polar surface area (TPSA) is 101 Å². The van der Waals surface area contributed by atoms with E-state index < -0.39 is 11.5 Å². The van der Waals surface area contributed by atoms with E-state index in [2.05, 4.69) is 10.6 Å². The monoisotopic (exact) mass is 451 g/mol. The zero-order valence-electron chi connectivity index (χ0n) is 19.4. The maximum absolute atomic E-state index is 12.8. The number of likely N-dealkylation sites (N-methyl/N-ethyl adjacent to an activating group) is 1. The minimum atomic E-state index is -0.697. The number of ether oxygens (including phenoxy) is 1. The number of nitrogens with one attached hydrogen (secondary N) is 2. The Bertz CT molecular complexity index is 1200. The first-order valence-corrected chi connectivity index (χ1v) is 10.8. The van der Waals surface area contributed by atoms with E-state index in [1.54, 1.807) is 45.5 Å². The molecule has 8 nitrogen and oxygen atoms in total. The van der Waals surface area contributed by atoms with E-state index in [1.807, 2.05) is 25.1 Å². The summed E-state index contributed by atoms with van der Waals surface area (Å²) in [7, 11) is 4.99. The normalized spacial score (nSPS) is 10.8. The molecule has 8 heteroatoms. The molecule has 0 spiro atoms. The molecule has 0 unspecified atom stereocenters. The molecule has 3 rings (SSSR count). The fourth-order valence-electron chi connectivity index (χ4n) is 3.44. The number of nitrogens with zero attached hydrogens (tertiary/aromatic N) is 1. The fraction of sp³-hybridized carbons (Fsp3) is 0.320. The number of carbonyl (C=O) groups excluding carboxylic acids is 2. The van der Waals surface area contributed by atoms with Gasteiger partial charge in [0.05, 0.1) is 13.7 Å². The number of aryl methyl sites for hydroxylation is 1. The zero-order chi connectivity index (χ0) is 24.0. The van der Waals surface area contributed by atoms with Gasteiger partial charge in [0.1, 0.15) is 16.9 Å². The first-order chi connectivity index (χ1) is 15.8. The molecule has 0 atom stereocenters. The van der Waals surface area contributed by atoms with E-state index >= 15 is 0 Å². The molecule has 0 aliphatic rings. The standard InChI is InChI=1S/C25H29N3O5/c1-5-6-19-21(32-4)12-9-17-13-20(25(31)33-23(17)19)24(30)27-18-10-7-16(8-11-18)14-26-15-22(29)28(2)3/h7-13,26H,5-6,14-15H2,1-4H3,(H,27,30). The molecule has 174 valence electrons. The predicted octanol–water partition coefficient (Wildman–Crippen LogP) is 3.18. The number of methoxy groups -OCH3 is 1. The molecular weight excluding hydrogens is 422 g/mol. The van der Waals surface area contributed by atoms with Crippen molar-refractivity contribution >= 4 is 28.5 Å². The van der Waals surface area contributed by atoms with E-state index in [-0.39, 0.29) is 18.0 Å². The molecule has 0 bridgehead atoms. The van der Waals surface area contributed by atoms with Gasteiger partial charge >= 0.3 is 5.63 Å². The lowest BCUT2D eigenvalue weighted by Gasteiger charge is -2.12. The highest BCUT2D eigenvalue weighted by Gasteiger charge is 2.17. The lowest BCUT2D eigenvalue weighted by atomic mass is 10.0. The summed E-state index contributed by atoms with van der Waals surface area (Å²) in [6, 6.07) is 12.3. The van der Waals surface area contributed by atoms with E-state index in [9.17, 15) is 14.4 Å². The summed E-state index contributed by atoms with van der Waals surface area (Å²) in [5, 5.41) is 6.48. The summed E-state index contributed by atoms with van der Waals surface area (Å²) < 4.78 is 10.9. The lowest BCUT2D eigenvalue weighted by Crippen LogP contribution is -2.32. The molecule has 0 saturated heterocycles. The molecule has 0 fully saturated rings. The van der Waals surface area contributed by atoms with Crippen molar-refractivity contribution in [3.05, 3.63) is 69.6 Å². The third kappa shape index (κ3) is 5.78. The molecule has 1 heterocycles. The highest BCUT2D eigenvalue weighted by Crippen LogP contribution is 2.29. The van der Waals surface area contributed by atoms with Crippen LogP contribution in [0.3, 0.4) is 0 Å². The van der Waals surface area contributed by atoms with Crippen molar-refractivity contribution in [3.63, 3.8) is 0 Å². The number of fused-ring (bicyclic) bond motifs is 1.